The predicted molar refractivity (Wildman–Crippen MR) is 120 cm³/mol. The number of rotatable bonds is 8. The van der Waals surface area contributed by atoms with Crippen LogP contribution in [0.2, 0.25) is 0 Å². The van der Waals surface area contributed by atoms with Crippen molar-refractivity contribution in [3.8, 4) is 11.6 Å². The highest BCUT2D eigenvalue weighted by molar-refractivity contribution is 6.01. The number of aromatic nitrogens is 1. The summed E-state index contributed by atoms with van der Waals surface area (Å²) in [6.07, 6.45) is 2.70. The molecule has 0 aliphatic rings. The van der Waals surface area contributed by atoms with Crippen molar-refractivity contribution in [1.82, 2.24) is 4.57 Å². The zero-order valence-electron chi connectivity index (χ0n) is 17.5. The molecule has 0 bridgehead atoms. The summed E-state index contributed by atoms with van der Waals surface area (Å²) in [6.45, 7) is 10.4. The van der Waals surface area contributed by atoms with Crippen LogP contribution in [0.3, 0.4) is 0 Å². The average Bonchev–Trinajstić information content (AvgIpc) is 2.73. The second kappa shape index (κ2) is 9.52. The third-order valence-corrected chi connectivity index (χ3v) is 5.40. The highest BCUT2D eigenvalue weighted by atomic mass is 16.3. The van der Waals surface area contributed by atoms with Crippen LogP contribution in [0.4, 0.5) is 0 Å². The maximum atomic E-state index is 13.1. The van der Waals surface area contributed by atoms with Crippen molar-refractivity contribution in [3.05, 3.63) is 70.0 Å². The summed E-state index contributed by atoms with van der Waals surface area (Å²) in [5.41, 5.74) is 2.02. The van der Waals surface area contributed by atoms with Crippen LogP contribution in [0.15, 0.2) is 58.3 Å². The zero-order chi connectivity index (χ0) is 20.8. The standard InChI is InChI=1S/C24H29N3O2/c1-4-26(5-2)15-9-14-25-17-22-20-12-6-7-13-21(20)23(28)27(24(22)29)19-11-8-10-18(3)16-19/h6-8,10-13,16-17,29H,4-5,9,14-15H2,1-3H3/p+1. The molecule has 0 spiro atoms. The van der Waals surface area contributed by atoms with Gasteiger partial charge in [0.1, 0.15) is 0 Å². The van der Waals surface area contributed by atoms with E-state index in [4.69, 9.17) is 0 Å². The molecule has 0 atom stereocenters. The van der Waals surface area contributed by atoms with E-state index in [1.165, 1.54) is 4.57 Å². The predicted octanol–water partition coefficient (Wildman–Crippen LogP) is 2.74. The van der Waals surface area contributed by atoms with Gasteiger partial charge in [0.15, 0.2) is 0 Å². The van der Waals surface area contributed by atoms with Gasteiger partial charge in [-0.15, -0.1) is 0 Å². The van der Waals surface area contributed by atoms with E-state index in [0.29, 0.717) is 23.2 Å². The molecule has 0 fully saturated rings. The van der Waals surface area contributed by atoms with Crippen LogP contribution in [0, 0.1) is 6.92 Å². The molecular weight excluding hydrogens is 362 g/mol. The van der Waals surface area contributed by atoms with Crippen molar-refractivity contribution in [3.63, 3.8) is 0 Å². The Morgan fingerprint density at radius 3 is 2.48 bits per heavy atom. The van der Waals surface area contributed by atoms with Crippen molar-refractivity contribution in [2.24, 2.45) is 4.99 Å². The highest BCUT2D eigenvalue weighted by Gasteiger charge is 2.16. The van der Waals surface area contributed by atoms with Crippen LogP contribution < -0.4 is 10.5 Å². The van der Waals surface area contributed by atoms with Crippen molar-refractivity contribution >= 4 is 17.0 Å². The Morgan fingerprint density at radius 2 is 1.79 bits per heavy atom. The first-order valence-corrected chi connectivity index (χ1v) is 10.3. The molecule has 0 aliphatic heterocycles. The molecular formula is C24H30N3O2+. The number of quaternary nitrogens is 1. The Morgan fingerprint density at radius 1 is 1.07 bits per heavy atom. The number of hydrogen-bond donors (Lipinski definition) is 2. The molecule has 2 aromatic carbocycles. The molecule has 3 aromatic rings. The fraction of sp³-hybridized carbons (Fsp3) is 0.333. The van der Waals surface area contributed by atoms with E-state index in [9.17, 15) is 9.90 Å². The number of benzene rings is 2. The van der Waals surface area contributed by atoms with Gasteiger partial charge in [0.2, 0.25) is 5.88 Å². The summed E-state index contributed by atoms with van der Waals surface area (Å²) < 4.78 is 1.37. The zero-order valence-corrected chi connectivity index (χ0v) is 17.5. The van der Waals surface area contributed by atoms with E-state index in [2.05, 4.69) is 18.8 Å². The highest BCUT2D eigenvalue weighted by Crippen LogP contribution is 2.26. The van der Waals surface area contributed by atoms with Crippen LogP contribution in [0.25, 0.3) is 16.5 Å². The quantitative estimate of drug-likeness (QED) is 0.457. The van der Waals surface area contributed by atoms with Gasteiger partial charge in [-0.25, -0.2) is 4.57 Å². The molecule has 0 unspecified atom stereocenters. The molecule has 3 rings (SSSR count). The molecule has 1 aromatic heterocycles. The van der Waals surface area contributed by atoms with Crippen molar-refractivity contribution in [1.29, 1.82) is 0 Å². The van der Waals surface area contributed by atoms with E-state index in [-0.39, 0.29) is 11.4 Å². The molecule has 29 heavy (non-hydrogen) atoms. The minimum absolute atomic E-state index is 0.0718. The first-order valence-electron chi connectivity index (χ1n) is 10.3. The maximum Gasteiger partial charge on any atom is 0.265 e. The van der Waals surface area contributed by atoms with E-state index >= 15 is 0 Å². The van der Waals surface area contributed by atoms with Crippen LogP contribution in [0.1, 0.15) is 31.4 Å². The summed E-state index contributed by atoms with van der Waals surface area (Å²) in [5, 5.41) is 12.3. The lowest BCUT2D eigenvalue weighted by molar-refractivity contribution is -0.896. The second-order valence-corrected chi connectivity index (χ2v) is 7.36. The third-order valence-electron chi connectivity index (χ3n) is 5.40. The number of aliphatic imine (C=N–C) groups is 1. The van der Waals surface area contributed by atoms with E-state index in [0.717, 1.165) is 37.0 Å². The van der Waals surface area contributed by atoms with E-state index < -0.39 is 0 Å². The molecule has 152 valence electrons. The molecule has 0 radical (unpaired) electrons. The molecule has 0 saturated heterocycles. The number of pyridine rings is 1. The monoisotopic (exact) mass is 392 g/mol. The van der Waals surface area contributed by atoms with Gasteiger partial charge in [0.05, 0.1) is 30.9 Å². The first kappa shape index (κ1) is 20.8. The summed E-state index contributed by atoms with van der Waals surface area (Å²) in [5.74, 6) is -0.0718. The van der Waals surface area contributed by atoms with E-state index in [1.807, 2.05) is 49.4 Å². The Labute approximate surface area is 171 Å². The third kappa shape index (κ3) is 4.57. The van der Waals surface area contributed by atoms with Gasteiger partial charge in [0, 0.05) is 30.0 Å². The van der Waals surface area contributed by atoms with E-state index in [1.54, 1.807) is 17.2 Å². The number of aromatic hydroxyl groups is 1. The van der Waals surface area contributed by atoms with Gasteiger partial charge in [-0.2, -0.15) is 0 Å². The van der Waals surface area contributed by atoms with Crippen molar-refractivity contribution < 1.29 is 10.0 Å². The molecule has 0 amide bonds. The molecule has 5 heteroatoms. The number of nitrogens with one attached hydrogen (secondary N) is 1. The summed E-state index contributed by atoms with van der Waals surface area (Å²) in [7, 11) is 0. The van der Waals surface area contributed by atoms with Crippen LogP contribution in [-0.2, 0) is 0 Å². The molecule has 2 N–H and O–H groups in total. The molecule has 0 aliphatic carbocycles. The lowest BCUT2D eigenvalue weighted by Crippen LogP contribution is -3.11. The fourth-order valence-electron chi connectivity index (χ4n) is 3.68. The van der Waals surface area contributed by atoms with Crippen LogP contribution in [-0.4, -0.2) is 42.1 Å². The largest absolute Gasteiger partial charge is 0.494 e. The number of aryl methyl sites for hydroxylation is 1. The van der Waals surface area contributed by atoms with Crippen molar-refractivity contribution in [2.45, 2.75) is 27.2 Å². The summed E-state index contributed by atoms with van der Waals surface area (Å²) >= 11 is 0. The Kier molecular flexibility index (Phi) is 6.83. The van der Waals surface area contributed by atoms with Gasteiger partial charge in [-0.3, -0.25) is 9.79 Å². The lowest BCUT2D eigenvalue weighted by atomic mass is 10.1. The number of hydrogen-bond acceptors (Lipinski definition) is 3. The molecule has 0 saturated carbocycles. The fourth-order valence-corrected chi connectivity index (χ4v) is 3.68. The Bertz CT molecular complexity index is 1070. The minimum atomic E-state index is -0.231. The number of nitrogens with zero attached hydrogens (tertiary/aromatic N) is 2. The topological polar surface area (TPSA) is 59.0 Å². The average molecular weight is 393 g/mol. The SMILES string of the molecule is CC[NH+](CC)CCCN=Cc1c(O)n(-c2cccc(C)c2)c(=O)c2ccccc12. The first-order chi connectivity index (χ1) is 14.1. The minimum Gasteiger partial charge on any atom is -0.494 e. The Hall–Kier alpha value is -2.92. The van der Waals surface area contributed by atoms with Gasteiger partial charge in [-0.05, 0) is 44.5 Å². The van der Waals surface area contributed by atoms with Crippen LogP contribution in [0.5, 0.6) is 5.88 Å². The normalized spacial score (nSPS) is 11.7. The second-order valence-electron chi connectivity index (χ2n) is 7.36. The van der Waals surface area contributed by atoms with Gasteiger partial charge < -0.3 is 10.0 Å². The maximum absolute atomic E-state index is 13.1. The molecule has 1 heterocycles. The van der Waals surface area contributed by atoms with Gasteiger partial charge >= 0.3 is 0 Å². The summed E-state index contributed by atoms with van der Waals surface area (Å²) in [6, 6.07) is 14.9. The van der Waals surface area contributed by atoms with Crippen LogP contribution >= 0.6 is 0 Å². The Balaban J connectivity index is 2.00. The van der Waals surface area contributed by atoms with Crippen molar-refractivity contribution in [2.75, 3.05) is 26.2 Å². The lowest BCUT2D eigenvalue weighted by Gasteiger charge is -2.15. The van der Waals surface area contributed by atoms with Gasteiger partial charge in [-0.1, -0.05) is 30.3 Å². The van der Waals surface area contributed by atoms with Gasteiger partial charge in [0.25, 0.3) is 5.56 Å². The molecule has 5 nitrogen and oxygen atoms in total. The summed E-state index contributed by atoms with van der Waals surface area (Å²) in [4.78, 5) is 19.2. The number of fused-ring (bicyclic) bond motifs is 1. The smallest absolute Gasteiger partial charge is 0.265 e.